The molecule has 0 N–H and O–H groups in total. The highest BCUT2D eigenvalue weighted by molar-refractivity contribution is 9.10. The number of nitriles is 1. The highest BCUT2D eigenvalue weighted by Gasteiger charge is 2.15. The van der Waals surface area contributed by atoms with Crippen molar-refractivity contribution in [3.63, 3.8) is 0 Å². The van der Waals surface area contributed by atoms with Crippen molar-refractivity contribution in [1.82, 2.24) is 0 Å². The van der Waals surface area contributed by atoms with Crippen molar-refractivity contribution in [2.24, 2.45) is 0 Å². The Kier molecular flexibility index (Phi) is 5.87. The SMILES string of the molecule is C=CCOC(=O)/C(C#N)=C/c1ccc(-c2ccc([N+](=O)[O-])cc2Br)o1. The van der Waals surface area contributed by atoms with Crippen LogP contribution >= 0.6 is 15.9 Å². The Morgan fingerprint density at radius 2 is 2.20 bits per heavy atom. The molecule has 126 valence electrons. The van der Waals surface area contributed by atoms with Gasteiger partial charge in [0.15, 0.2) is 0 Å². The second kappa shape index (κ2) is 8.08. The number of hydrogen-bond acceptors (Lipinski definition) is 6. The maximum atomic E-state index is 11.7. The highest BCUT2D eigenvalue weighted by atomic mass is 79.9. The fourth-order valence-electron chi connectivity index (χ4n) is 1.88. The number of nitrogens with zero attached hydrogens (tertiary/aromatic N) is 2. The molecule has 0 spiro atoms. The van der Waals surface area contributed by atoms with Crippen molar-refractivity contribution in [2.75, 3.05) is 6.61 Å². The molecule has 0 amide bonds. The van der Waals surface area contributed by atoms with E-state index in [1.807, 2.05) is 0 Å². The van der Waals surface area contributed by atoms with E-state index in [4.69, 9.17) is 14.4 Å². The number of rotatable bonds is 6. The summed E-state index contributed by atoms with van der Waals surface area (Å²) in [7, 11) is 0. The summed E-state index contributed by atoms with van der Waals surface area (Å²) in [5, 5.41) is 19.8. The molecule has 2 rings (SSSR count). The van der Waals surface area contributed by atoms with Gasteiger partial charge < -0.3 is 9.15 Å². The zero-order chi connectivity index (χ0) is 18.4. The van der Waals surface area contributed by atoms with E-state index in [1.54, 1.807) is 18.2 Å². The Bertz CT molecular complexity index is 908. The van der Waals surface area contributed by atoms with Crippen LogP contribution in [0.5, 0.6) is 0 Å². The van der Waals surface area contributed by atoms with Gasteiger partial charge in [0.05, 0.1) is 4.92 Å². The number of nitro benzene ring substituents is 1. The number of esters is 1. The molecular formula is C17H11BrN2O5. The van der Waals surface area contributed by atoms with E-state index >= 15 is 0 Å². The Morgan fingerprint density at radius 1 is 1.44 bits per heavy atom. The molecule has 0 aliphatic heterocycles. The quantitative estimate of drug-likeness (QED) is 0.178. The number of halogens is 1. The predicted octanol–water partition coefficient (Wildman–Crippen LogP) is 4.25. The smallest absolute Gasteiger partial charge is 0.349 e. The lowest BCUT2D eigenvalue weighted by atomic mass is 10.1. The van der Waals surface area contributed by atoms with Crippen LogP contribution in [0.4, 0.5) is 5.69 Å². The third-order valence-electron chi connectivity index (χ3n) is 3.01. The van der Waals surface area contributed by atoms with E-state index in [-0.39, 0.29) is 23.6 Å². The minimum Gasteiger partial charge on any atom is -0.457 e. The van der Waals surface area contributed by atoms with Gasteiger partial charge in [0, 0.05) is 28.2 Å². The standard InChI is InChI=1S/C17H11BrN2O5/c1-2-7-24-17(21)11(10-19)8-13-4-6-16(25-13)14-5-3-12(20(22)23)9-15(14)18/h2-6,8-9H,1,7H2/b11-8+. The molecule has 0 aliphatic rings. The Balaban J connectivity index is 2.29. The molecule has 7 nitrogen and oxygen atoms in total. The first kappa shape index (κ1) is 18.2. The molecule has 25 heavy (non-hydrogen) atoms. The summed E-state index contributed by atoms with van der Waals surface area (Å²) in [5.41, 5.74) is 0.322. The van der Waals surface area contributed by atoms with E-state index in [1.165, 1.54) is 30.4 Å². The van der Waals surface area contributed by atoms with Gasteiger partial charge in [-0.15, -0.1) is 0 Å². The van der Waals surface area contributed by atoms with E-state index in [9.17, 15) is 14.9 Å². The first-order chi connectivity index (χ1) is 12.0. The number of ether oxygens (including phenoxy) is 1. The maximum absolute atomic E-state index is 11.7. The number of non-ortho nitro benzene ring substituents is 1. The van der Waals surface area contributed by atoms with Gasteiger partial charge in [-0.3, -0.25) is 10.1 Å². The summed E-state index contributed by atoms with van der Waals surface area (Å²) in [5.74, 6) is -0.0889. The Labute approximate surface area is 151 Å². The van der Waals surface area contributed by atoms with Crippen molar-refractivity contribution in [3.05, 3.63) is 68.9 Å². The van der Waals surface area contributed by atoms with Crippen LogP contribution in [-0.2, 0) is 9.53 Å². The average Bonchev–Trinajstić information content (AvgIpc) is 3.05. The lowest BCUT2D eigenvalue weighted by molar-refractivity contribution is -0.384. The molecule has 0 bridgehead atoms. The van der Waals surface area contributed by atoms with Gasteiger partial charge in [0.2, 0.25) is 0 Å². The summed E-state index contributed by atoms with van der Waals surface area (Å²) in [4.78, 5) is 22.0. The van der Waals surface area contributed by atoms with Crippen LogP contribution in [0.3, 0.4) is 0 Å². The molecule has 0 saturated carbocycles. The summed E-state index contributed by atoms with van der Waals surface area (Å²) in [6, 6.07) is 9.20. The first-order valence-corrected chi connectivity index (χ1v) is 7.69. The number of benzene rings is 1. The average molecular weight is 403 g/mol. The van der Waals surface area contributed by atoms with Crippen LogP contribution in [0.15, 0.2) is 57.4 Å². The first-order valence-electron chi connectivity index (χ1n) is 6.90. The molecule has 0 aliphatic carbocycles. The minimum absolute atomic E-state index is 0.00298. The number of carbonyl (C=O) groups excluding carboxylic acids is 1. The van der Waals surface area contributed by atoms with Crippen LogP contribution in [-0.4, -0.2) is 17.5 Å². The molecular weight excluding hydrogens is 392 g/mol. The Morgan fingerprint density at radius 3 is 2.80 bits per heavy atom. The highest BCUT2D eigenvalue weighted by Crippen LogP contribution is 2.32. The molecule has 8 heteroatoms. The van der Waals surface area contributed by atoms with Crippen LogP contribution in [0, 0.1) is 21.4 Å². The molecule has 0 radical (unpaired) electrons. The largest absolute Gasteiger partial charge is 0.457 e. The molecule has 0 fully saturated rings. The Hall–Kier alpha value is -3.18. The molecule has 1 aromatic heterocycles. The van der Waals surface area contributed by atoms with Gasteiger partial charge in [0.1, 0.15) is 29.8 Å². The zero-order valence-corrected chi connectivity index (χ0v) is 14.4. The second-order valence-corrected chi connectivity index (χ2v) is 5.53. The fraction of sp³-hybridized carbons (Fsp3) is 0.0588. The zero-order valence-electron chi connectivity index (χ0n) is 12.8. The molecule has 1 heterocycles. The topological polar surface area (TPSA) is 106 Å². The van der Waals surface area contributed by atoms with Crippen molar-refractivity contribution >= 4 is 33.7 Å². The van der Waals surface area contributed by atoms with Gasteiger partial charge in [-0.05, 0) is 34.1 Å². The number of hydrogen-bond donors (Lipinski definition) is 0. The van der Waals surface area contributed by atoms with Crippen LogP contribution < -0.4 is 0 Å². The molecule has 0 unspecified atom stereocenters. The monoisotopic (exact) mass is 402 g/mol. The predicted molar refractivity (Wildman–Crippen MR) is 93.2 cm³/mol. The van der Waals surface area contributed by atoms with Gasteiger partial charge in [0.25, 0.3) is 5.69 Å². The number of carbonyl (C=O) groups is 1. The summed E-state index contributed by atoms with van der Waals surface area (Å²) >= 11 is 3.26. The van der Waals surface area contributed by atoms with Gasteiger partial charge in [-0.2, -0.15) is 5.26 Å². The van der Waals surface area contributed by atoms with Crippen molar-refractivity contribution in [1.29, 1.82) is 5.26 Å². The fourth-order valence-corrected chi connectivity index (χ4v) is 2.45. The molecule has 1 aromatic carbocycles. The van der Waals surface area contributed by atoms with Gasteiger partial charge in [-0.25, -0.2) is 4.79 Å². The van der Waals surface area contributed by atoms with E-state index < -0.39 is 10.9 Å². The van der Waals surface area contributed by atoms with Crippen molar-refractivity contribution in [3.8, 4) is 17.4 Å². The van der Waals surface area contributed by atoms with Gasteiger partial charge >= 0.3 is 5.97 Å². The third-order valence-corrected chi connectivity index (χ3v) is 3.67. The van der Waals surface area contributed by atoms with E-state index in [0.717, 1.165) is 0 Å². The van der Waals surface area contributed by atoms with Crippen molar-refractivity contribution < 1.29 is 18.9 Å². The van der Waals surface area contributed by atoms with Crippen LogP contribution in [0.2, 0.25) is 0 Å². The van der Waals surface area contributed by atoms with Crippen LogP contribution in [0.25, 0.3) is 17.4 Å². The molecule has 0 saturated heterocycles. The summed E-state index contributed by atoms with van der Waals surface area (Å²) in [6.07, 6.45) is 2.65. The lowest BCUT2D eigenvalue weighted by Crippen LogP contribution is -2.06. The lowest BCUT2D eigenvalue weighted by Gasteiger charge is -2.01. The number of nitro groups is 1. The van der Waals surface area contributed by atoms with Crippen LogP contribution in [0.1, 0.15) is 5.76 Å². The summed E-state index contributed by atoms with van der Waals surface area (Å²) in [6.45, 7) is 3.42. The summed E-state index contributed by atoms with van der Waals surface area (Å²) < 4.78 is 10.9. The minimum atomic E-state index is -0.781. The maximum Gasteiger partial charge on any atom is 0.349 e. The van der Waals surface area contributed by atoms with E-state index in [2.05, 4.69) is 22.5 Å². The van der Waals surface area contributed by atoms with Gasteiger partial charge in [-0.1, -0.05) is 12.7 Å². The second-order valence-electron chi connectivity index (χ2n) is 4.68. The number of furan rings is 1. The normalized spacial score (nSPS) is 10.8. The molecule has 0 atom stereocenters. The molecule has 2 aromatic rings. The third kappa shape index (κ3) is 4.43. The van der Waals surface area contributed by atoms with Crippen molar-refractivity contribution in [2.45, 2.75) is 0 Å². The van der Waals surface area contributed by atoms with E-state index in [0.29, 0.717) is 15.8 Å².